The van der Waals surface area contributed by atoms with Crippen LogP contribution in [0.4, 0.5) is 10.1 Å². The fraction of sp³-hybridized carbons (Fsp3) is 0.0714. The summed E-state index contributed by atoms with van der Waals surface area (Å²) in [6.07, 6.45) is 0.547. The van der Waals surface area contributed by atoms with Crippen LogP contribution in [-0.2, 0) is 6.61 Å². The van der Waals surface area contributed by atoms with E-state index in [0.29, 0.717) is 11.8 Å². The summed E-state index contributed by atoms with van der Waals surface area (Å²) in [6, 6.07) is 7.47. The second-order valence-corrected chi connectivity index (χ2v) is 4.53. The number of carbonyl (C=O) groups excluding carboxylic acids is 1. The van der Waals surface area contributed by atoms with E-state index in [1.54, 1.807) is 0 Å². The van der Waals surface area contributed by atoms with E-state index in [4.69, 9.17) is 16.3 Å². The molecule has 0 spiro atoms. The molecule has 2 rings (SSSR count). The van der Waals surface area contributed by atoms with Crippen molar-refractivity contribution in [1.29, 1.82) is 0 Å². The number of hydrogen-bond donors (Lipinski definition) is 0. The number of benzene rings is 2. The van der Waals surface area contributed by atoms with Crippen LogP contribution in [0.5, 0.6) is 5.75 Å². The van der Waals surface area contributed by atoms with Gasteiger partial charge in [0.2, 0.25) is 0 Å². The van der Waals surface area contributed by atoms with E-state index >= 15 is 0 Å². The van der Waals surface area contributed by atoms with E-state index in [9.17, 15) is 19.3 Å². The van der Waals surface area contributed by atoms with Crippen LogP contribution in [0.3, 0.4) is 0 Å². The zero-order chi connectivity index (χ0) is 15.4. The van der Waals surface area contributed by atoms with Gasteiger partial charge in [0.1, 0.15) is 18.7 Å². The smallest absolute Gasteiger partial charge is 0.310 e. The fourth-order valence-corrected chi connectivity index (χ4v) is 1.85. The maximum atomic E-state index is 13.1. The van der Waals surface area contributed by atoms with Crippen LogP contribution in [0.15, 0.2) is 36.4 Å². The number of hydrogen-bond acceptors (Lipinski definition) is 4. The highest BCUT2D eigenvalue weighted by Crippen LogP contribution is 2.29. The Bertz CT molecular complexity index is 705. The van der Waals surface area contributed by atoms with Crippen LogP contribution < -0.4 is 4.74 Å². The van der Waals surface area contributed by atoms with Crippen molar-refractivity contribution in [2.75, 3.05) is 0 Å². The zero-order valence-corrected chi connectivity index (χ0v) is 11.3. The topological polar surface area (TPSA) is 69.4 Å². The number of nitro benzene ring substituents is 1. The third-order valence-electron chi connectivity index (χ3n) is 2.71. The number of carbonyl (C=O) groups is 1. The molecule has 0 aliphatic carbocycles. The summed E-state index contributed by atoms with van der Waals surface area (Å²) in [7, 11) is 0. The molecule has 0 unspecified atom stereocenters. The van der Waals surface area contributed by atoms with Crippen molar-refractivity contribution in [2.24, 2.45) is 0 Å². The quantitative estimate of drug-likeness (QED) is 0.479. The monoisotopic (exact) mass is 309 g/mol. The Morgan fingerprint density at radius 2 is 2.05 bits per heavy atom. The molecule has 0 atom stereocenters. The van der Waals surface area contributed by atoms with Crippen LogP contribution in [0.25, 0.3) is 0 Å². The first kappa shape index (κ1) is 14.9. The van der Waals surface area contributed by atoms with E-state index in [1.807, 2.05) is 0 Å². The maximum absolute atomic E-state index is 13.1. The molecule has 108 valence electrons. The number of ether oxygens (including phenoxy) is 1. The van der Waals surface area contributed by atoms with Gasteiger partial charge in [-0.25, -0.2) is 4.39 Å². The maximum Gasteiger partial charge on any atom is 0.310 e. The van der Waals surface area contributed by atoms with Crippen molar-refractivity contribution in [2.45, 2.75) is 6.61 Å². The van der Waals surface area contributed by atoms with Crippen molar-refractivity contribution in [1.82, 2.24) is 0 Å². The van der Waals surface area contributed by atoms with Crippen LogP contribution in [0.1, 0.15) is 15.9 Å². The van der Waals surface area contributed by atoms with Gasteiger partial charge in [0.25, 0.3) is 0 Å². The summed E-state index contributed by atoms with van der Waals surface area (Å²) >= 11 is 5.89. The number of nitro groups is 1. The van der Waals surface area contributed by atoms with Gasteiger partial charge in [-0.15, -0.1) is 0 Å². The normalized spacial score (nSPS) is 10.2. The molecule has 5 nitrogen and oxygen atoms in total. The van der Waals surface area contributed by atoms with E-state index in [0.717, 1.165) is 0 Å². The lowest BCUT2D eigenvalue weighted by Crippen LogP contribution is -2.01. The van der Waals surface area contributed by atoms with Gasteiger partial charge in [0, 0.05) is 22.2 Å². The van der Waals surface area contributed by atoms with Gasteiger partial charge in [-0.3, -0.25) is 14.9 Å². The molecule has 0 aliphatic heterocycles. The van der Waals surface area contributed by atoms with E-state index in [1.165, 1.54) is 36.4 Å². The Morgan fingerprint density at radius 3 is 2.71 bits per heavy atom. The van der Waals surface area contributed by atoms with Crippen LogP contribution in [-0.4, -0.2) is 11.2 Å². The molecule has 0 fully saturated rings. The standard InChI is InChI=1S/C14H9ClFNO4/c15-12-3-2-11(16)6-10(12)8-21-14-5-9(7-18)1-4-13(14)17(19)20/h1-7H,8H2. The van der Waals surface area contributed by atoms with Crippen molar-refractivity contribution < 1.29 is 18.8 Å². The first-order chi connectivity index (χ1) is 10.0. The highest BCUT2D eigenvalue weighted by Gasteiger charge is 2.16. The molecule has 21 heavy (non-hydrogen) atoms. The summed E-state index contributed by atoms with van der Waals surface area (Å²) in [5, 5.41) is 11.2. The average Bonchev–Trinajstić information content (AvgIpc) is 2.47. The molecule has 0 saturated carbocycles. The van der Waals surface area contributed by atoms with Gasteiger partial charge >= 0.3 is 5.69 Å². The van der Waals surface area contributed by atoms with Gasteiger partial charge < -0.3 is 4.74 Å². The van der Waals surface area contributed by atoms with Gasteiger partial charge in [0.15, 0.2) is 5.75 Å². The Kier molecular flexibility index (Phi) is 4.49. The minimum absolute atomic E-state index is 0.0788. The second-order valence-electron chi connectivity index (χ2n) is 4.13. The van der Waals surface area contributed by atoms with Crippen molar-refractivity contribution in [3.63, 3.8) is 0 Å². The first-order valence-corrected chi connectivity index (χ1v) is 6.19. The molecule has 2 aromatic rings. The van der Waals surface area contributed by atoms with E-state index < -0.39 is 10.7 Å². The molecule has 0 heterocycles. The first-order valence-electron chi connectivity index (χ1n) is 5.81. The lowest BCUT2D eigenvalue weighted by Gasteiger charge is -2.09. The molecule has 0 N–H and O–H groups in total. The van der Waals surface area contributed by atoms with E-state index in [2.05, 4.69) is 0 Å². The molecule has 7 heteroatoms. The number of halogens is 2. The van der Waals surface area contributed by atoms with Gasteiger partial charge in [-0.05, 0) is 30.3 Å². The molecule has 0 radical (unpaired) electrons. The number of aldehydes is 1. The van der Waals surface area contributed by atoms with Crippen LogP contribution >= 0.6 is 11.6 Å². The van der Waals surface area contributed by atoms with Crippen molar-refractivity contribution in [3.8, 4) is 5.75 Å². The third kappa shape index (κ3) is 3.55. The summed E-state index contributed by atoms with van der Waals surface area (Å²) < 4.78 is 18.4. The Labute approximate surface area is 124 Å². The molecule has 2 aromatic carbocycles. The minimum Gasteiger partial charge on any atom is -0.482 e. The van der Waals surface area contributed by atoms with Crippen LogP contribution in [0.2, 0.25) is 5.02 Å². The Morgan fingerprint density at radius 1 is 1.29 bits per heavy atom. The predicted molar refractivity (Wildman–Crippen MR) is 74.2 cm³/mol. The molecule has 0 aromatic heterocycles. The predicted octanol–water partition coefficient (Wildman–Crippen LogP) is 3.78. The molecule has 0 aliphatic rings. The molecular weight excluding hydrogens is 301 g/mol. The molecule has 0 amide bonds. The highest BCUT2D eigenvalue weighted by molar-refractivity contribution is 6.31. The largest absolute Gasteiger partial charge is 0.482 e. The van der Waals surface area contributed by atoms with Gasteiger partial charge in [0.05, 0.1) is 4.92 Å². The van der Waals surface area contributed by atoms with Crippen molar-refractivity contribution in [3.05, 3.63) is 68.5 Å². The lowest BCUT2D eigenvalue weighted by molar-refractivity contribution is -0.385. The average molecular weight is 310 g/mol. The summed E-state index contributed by atoms with van der Waals surface area (Å²) in [4.78, 5) is 21.0. The number of nitrogens with zero attached hydrogens (tertiary/aromatic N) is 1. The summed E-state index contributed by atoms with van der Waals surface area (Å²) in [5.41, 5.74) is 0.302. The van der Waals surface area contributed by atoms with Gasteiger partial charge in [-0.2, -0.15) is 0 Å². The molecule has 0 bridgehead atoms. The van der Waals surface area contributed by atoms with Gasteiger partial charge in [-0.1, -0.05) is 11.6 Å². The summed E-state index contributed by atoms with van der Waals surface area (Å²) in [5.74, 6) is -0.570. The zero-order valence-electron chi connectivity index (χ0n) is 10.6. The third-order valence-corrected chi connectivity index (χ3v) is 3.08. The fourth-order valence-electron chi connectivity index (χ4n) is 1.68. The highest BCUT2D eigenvalue weighted by atomic mass is 35.5. The Hall–Kier alpha value is -2.47. The SMILES string of the molecule is O=Cc1ccc([N+](=O)[O-])c(OCc2cc(F)ccc2Cl)c1. The number of rotatable bonds is 5. The lowest BCUT2D eigenvalue weighted by atomic mass is 10.2. The Balaban J connectivity index is 2.28. The molecule has 0 saturated heterocycles. The van der Waals surface area contributed by atoms with Crippen molar-refractivity contribution >= 4 is 23.6 Å². The summed E-state index contributed by atoms with van der Waals surface area (Å²) in [6.45, 7) is -0.153. The van der Waals surface area contributed by atoms with E-state index in [-0.39, 0.29) is 28.6 Å². The second kappa shape index (κ2) is 6.32. The van der Waals surface area contributed by atoms with Crippen LogP contribution in [0, 0.1) is 15.9 Å². The molecular formula is C14H9ClFNO4. The minimum atomic E-state index is -0.628.